The van der Waals surface area contributed by atoms with Crippen molar-refractivity contribution in [1.29, 1.82) is 0 Å². The Hall–Kier alpha value is -1.64. The Balaban J connectivity index is 2.87. The van der Waals surface area contributed by atoms with E-state index in [0.29, 0.717) is 0 Å². The fraction of sp³-hybridized carbons (Fsp3) is 0.333. The summed E-state index contributed by atoms with van der Waals surface area (Å²) in [6.45, 7) is 4.20. The Labute approximate surface area is 89.2 Å². The monoisotopic (exact) mass is 204 g/mol. The number of hydrogen-bond acceptors (Lipinski definition) is 2. The van der Waals surface area contributed by atoms with Gasteiger partial charge in [-0.15, -0.1) is 0 Å². The summed E-state index contributed by atoms with van der Waals surface area (Å²) in [7, 11) is 1.67. The van der Waals surface area contributed by atoms with E-state index in [-0.39, 0.29) is 0 Å². The number of fused-ring (bicyclic) bond motifs is 1. The molecule has 80 valence electrons. The Kier molecular flexibility index (Phi) is 2.31. The molecule has 3 heteroatoms. The minimum Gasteiger partial charge on any atom is -0.495 e. The van der Waals surface area contributed by atoms with Crippen molar-refractivity contribution in [2.75, 3.05) is 12.8 Å². The third-order valence-corrected chi connectivity index (χ3v) is 2.84. The third-order valence-electron chi connectivity index (χ3n) is 2.84. The molecule has 0 radical (unpaired) electrons. The number of ether oxygens (including phenoxy) is 1. The molecule has 0 aliphatic carbocycles. The summed E-state index contributed by atoms with van der Waals surface area (Å²) in [6, 6.07) is 3.79. The van der Waals surface area contributed by atoms with Crippen molar-refractivity contribution in [2.24, 2.45) is 0 Å². The van der Waals surface area contributed by atoms with Crippen molar-refractivity contribution < 1.29 is 4.74 Å². The van der Waals surface area contributed by atoms with Crippen molar-refractivity contribution >= 4 is 16.6 Å². The second-order valence-corrected chi connectivity index (χ2v) is 3.69. The van der Waals surface area contributed by atoms with Gasteiger partial charge in [-0.05, 0) is 31.0 Å². The maximum absolute atomic E-state index is 5.99. The van der Waals surface area contributed by atoms with Crippen molar-refractivity contribution in [3.05, 3.63) is 23.4 Å². The molecule has 0 aliphatic heterocycles. The van der Waals surface area contributed by atoms with E-state index in [1.165, 1.54) is 11.3 Å². The van der Waals surface area contributed by atoms with Crippen LogP contribution in [-0.2, 0) is 6.42 Å². The quantitative estimate of drug-likeness (QED) is 0.739. The fourth-order valence-electron chi connectivity index (χ4n) is 2.11. The number of nitrogens with one attached hydrogen (secondary N) is 1. The molecule has 0 fully saturated rings. The number of benzene rings is 1. The molecule has 2 rings (SSSR count). The molecular weight excluding hydrogens is 188 g/mol. The lowest BCUT2D eigenvalue weighted by Gasteiger charge is -2.04. The van der Waals surface area contributed by atoms with Crippen molar-refractivity contribution in [3.8, 4) is 5.75 Å². The zero-order valence-electron chi connectivity index (χ0n) is 9.35. The van der Waals surface area contributed by atoms with Crippen LogP contribution in [0.25, 0.3) is 10.9 Å². The van der Waals surface area contributed by atoms with Gasteiger partial charge in [0.05, 0.1) is 12.6 Å². The van der Waals surface area contributed by atoms with Crippen LogP contribution in [0.5, 0.6) is 5.75 Å². The molecule has 0 atom stereocenters. The summed E-state index contributed by atoms with van der Waals surface area (Å²) in [5.74, 6) is 0.849. The van der Waals surface area contributed by atoms with Crippen molar-refractivity contribution in [3.63, 3.8) is 0 Å². The number of aromatic amines is 1. The van der Waals surface area contributed by atoms with E-state index in [9.17, 15) is 0 Å². The highest BCUT2D eigenvalue weighted by atomic mass is 16.5. The number of nitrogen functional groups attached to an aromatic ring is 1. The molecular formula is C12H16N2O. The molecule has 3 nitrogen and oxygen atoms in total. The summed E-state index contributed by atoms with van der Waals surface area (Å²) in [4.78, 5) is 3.33. The van der Waals surface area contributed by atoms with E-state index in [1.54, 1.807) is 7.11 Å². The van der Waals surface area contributed by atoms with Crippen LogP contribution in [0.15, 0.2) is 12.1 Å². The van der Waals surface area contributed by atoms with E-state index in [4.69, 9.17) is 10.5 Å². The van der Waals surface area contributed by atoms with Crippen LogP contribution in [0, 0.1) is 6.92 Å². The Morgan fingerprint density at radius 1 is 1.40 bits per heavy atom. The highest BCUT2D eigenvalue weighted by Crippen LogP contribution is 2.34. The number of hydrogen-bond donors (Lipinski definition) is 2. The van der Waals surface area contributed by atoms with Gasteiger partial charge in [-0.3, -0.25) is 0 Å². The number of nitrogens with two attached hydrogens (primary N) is 1. The number of anilines is 1. The predicted molar refractivity (Wildman–Crippen MR) is 63.4 cm³/mol. The van der Waals surface area contributed by atoms with Gasteiger partial charge in [0, 0.05) is 16.8 Å². The lowest BCUT2D eigenvalue weighted by Crippen LogP contribution is -1.90. The first-order valence-electron chi connectivity index (χ1n) is 5.12. The van der Waals surface area contributed by atoms with Gasteiger partial charge < -0.3 is 15.5 Å². The smallest absolute Gasteiger partial charge is 0.143 e. The van der Waals surface area contributed by atoms with E-state index in [0.717, 1.165) is 28.8 Å². The summed E-state index contributed by atoms with van der Waals surface area (Å²) >= 11 is 0. The summed E-state index contributed by atoms with van der Waals surface area (Å²) in [5, 5.41) is 1.11. The third kappa shape index (κ3) is 1.35. The number of aromatic nitrogens is 1. The zero-order valence-corrected chi connectivity index (χ0v) is 9.35. The molecule has 0 bridgehead atoms. The Bertz CT molecular complexity index is 500. The topological polar surface area (TPSA) is 51.0 Å². The van der Waals surface area contributed by atoms with Gasteiger partial charge in [0.1, 0.15) is 5.75 Å². The molecule has 0 amide bonds. The molecule has 0 aliphatic rings. The van der Waals surface area contributed by atoms with Crippen LogP contribution in [0.2, 0.25) is 0 Å². The number of aryl methyl sites for hydroxylation is 2. The second-order valence-electron chi connectivity index (χ2n) is 3.69. The van der Waals surface area contributed by atoms with Gasteiger partial charge >= 0.3 is 0 Å². The van der Waals surface area contributed by atoms with Crippen LogP contribution in [-0.4, -0.2) is 12.1 Å². The molecule has 2 aromatic rings. The minimum absolute atomic E-state index is 0.812. The maximum Gasteiger partial charge on any atom is 0.143 e. The highest BCUT2D eigenvalue weighted by Gasteiger charge is 2.12. The van der Waals surface area contributed by atoms with Crippen LogP contribution < -0.4 is 10.5 Å². The number of methoxy groups -OCH3 is 1. The molecule has 1 aromatic carbocycles. The molecule has 0 spiro atoms. The summed E-state index contributed by atoms with van der Waals surface area (Å²) < 4.78 is 5.31. The molecule has 1 heterocycles. The van der Waals surface area contributed by atoms with E-state index < -0.39 is 0 Å². The van der Waals surface area contributed by atoms with Gasteiger partial charge in [0.15, 0.2) is 0 Å². The van der Waals surface area contributed by atoms with Gasteiger partial charge in [-0.1, -0.05) is 6.92 Å². The van der Waals surface area contributed by atoms with Crippen LogP contribution in [0.1, 0.15) is 18.2 Å². The molecule has 15 heavy (non-hydrogen) atoms. The molecule has 0 saturated carbocycles. The van der Waals surface area contributed by atoms with E-state index in [2.05, 4.69) is 18.8 Å². The van der Waals surface area contributed by atoms with Crippen LogP contribution in [0.3, 0.4) is 0 Å². The van der Waals surface area contributed by atoms with E-state index >= 15 is 0 Å². The average Bonchev–Trinajstić information content (AvgIpc) is 2.56. The average molecular weight is 204 g/mol. The maximum atomic E-state index is 5.99. The first-order valence-corrected chi connectivity index (χ1v) is 5.12. The van der Waals surface area contributed by atoms with Gasteiger partial charge in [0.2, 0.25) is 0 Å². The van der Waals surface area contributed by atoms with Crippen LogP contribution in [0.4, 0.5) is 5.69 Å². The van der Waals surface area contributed by atoms with Crippen molar-refractivity contribution in [2.45, 2.75) is 20.3 Å². The second kappa shape index (κ2) is 3.50. The van der Waals surface area contributed by atoms with E-state index in [1.807, 2.05) is 12.1 Å². The molecule has 3 N–H and O–H groups in total. The largest absolute Gasteiger partial charge is 0.495 e. The van der Waals surface area contributed by atoms with Crippen LogP contribution >= 0.6 is 0 Å². The summed E-state index contributed by atoms with van der Waals surface area (Å²) in [6.07, 6.45) is 0.975. The normalized spacial score (nSPS) is 10.9. The lowest BCUT2D eigenvalue weighted by molar-refractivity contribution is 0.419. The van der Waals surface area contributed by atoms with Gasteiger partial charge in [-0.2, -0.15) is 0 Å². The Morgan fingerprint density at radius 2 is 2.13 bits per heavy atom. The lowest BCUT2D eigenvalue weighted by atomic mass is 10.1. The minimum atomic E-state index is 0.812. The molecule has 1 aromatic heterocycles. The molecule has 0 unspecified atom stereocenters. The molecule has 0 saturated heterocycles. The van der Waals surface area contributed by atoms with Crippen molar-refractivity contribution in [1.82, 2.24) is 4.98 Å². The number of H-pyrrole nitrogens is 1. The van der Waals surface area contributed by atoms with Gasteiger partial charge in [-0.25, -0.2) is 0 Å². The first-order chi connectivity index (χ1) is 7.19. The standard InChI is InChI=1S/C12H16N2O/c1-4-8-7(2)14-12-10(15-3)6-5-9(13)11(8)12/h5-6,14H,4,13H2,1-3H3. The SMILES string of the molecule is CCc1c(C)[nH]c2c(OC)ccc(N)c12. The Morgan fingerprint density at radius 3 is 2.73 bits per heavy atom. The number of rotatable bonds is 2. The predicted octanol–water partition coefficient (Wildman–Crippen LogP) is 2.63. The highest BCUT2D eigenvalue weighted by molar-refractivity contribution is 5.98. The summed E-state index contributed by atoms with van der Waals surface area (Å²) in [5.41, 5.74) is 10.3. The first kappa shape index (κ1) is 9.90. The zero-order chi connectivity index (χ0) is 11.0. The van der Waals surface area contributed by atoms with Gasteiger partial charge in [0.25, 0.3) is 0 Å². The fourth-order valence-corrected chi connectivity index (χ4v) is 2.11.